The van der Waals surface area contributed by atoms with E-state index < -0.39 is 10.0 Å². The SMILES string of the molecule is COc1ccccc1CNC(=O)CN1CC2(CCN(S(C)(=O)=O)CC2)CC1c1nc(C)no1. The molecule has 1 amide bonds. The molecule has 1 atom stereocenters. The minimum Gasteiger partial charge on any atom is -0.496 e. The van der Waals surface area contributed by atoms with Crippen molar-refractivity contribution in [3.8, 4) is 5.75 Å². The van der Waals surface area contributed by atoms with Gasteiger partial charge < -0.3 is 14.6 Å². The Morgan fingerprint density at radius 2 is 2.03 bits per heavy atom. The number of carbonyl (C=O) groups excluding carboxylic acids is 1. The van der Waals surface area contributed by atoms with E-state index in [4.69, 9.17) is 9.26 Å². The Bertz CT molecular complexity index is 1090. The first-order valence-corrected chi connectivity index (χ1v) is 12.9. The predicted octanol–water partition coefficient (Wildman–Crippen LogP) is 1.49. The molecule has 1 unspecified atom stereocenters. The molecule has 4 rings (SSSR count). The van der Waals surface area contributed by atoms with E-state index in [0.29, 0.717) is 37.9 Å². The van der Waals surface area contributed by atoms with E-state index >= 15 is 0 Å². The van der Waals surface area contributed by atoms with Gasteiger partial charge in [-0.1, -0.05) is 23.4 Å². The number of nitrogens with one attached hydrogen (secondary N) is 1. The van der Waals surface area contributed by atoms with Gasteiger partial charge in [-0.15, -0.1) is 0 Å². The maximum Gasteiger partial charge on any atom is 0.244 e. The van der Waals surface area contributed by atoms with Gasteiger partial charge >= 0.3 is 0 Å². The van der Waals surface area contributed by atoms with Gasteiger partial charge in [-0.05, 0) is 37.7 Å². The standard InChI is InChI=1S/C22H31N5O5S/c1-16-24-21(32-25-16)18-12-22(8-10-27(11-9-22)33(3,29)30)15-26(18)14-20(28)23-13-17-6-4-5-7-19(17)31-2/h4-7,18H,8-15H2,1-3H3,(H,23,28). The number of rotatable bonds is 7. The Morgan fingerprint density at radius 1 is 1.30 bits per heavy atom. The Kier molecular flexibility index (Phi) is 6.73. The number of piperidine rings is 1. The van der Waals surface area contributed by atoms with Gasteiger partial charge in [-0.2, -0.15) is 4.98 Å². The molecule has 0 aliphatic carbocycles. The zero-order valence-corrected chi connectivity index (χ0v) is 20.1. The van der Waals surface area contributed by atoms with Crippen molar-refractivity contribution < 1.29 is 22.5 Å². The third-order valence-electron chi connectivity index (χ3n) is 6.70. The summed E-state index contributed by atoms with van der Waals surface area (Å²) < 4.78 is 36.3. The summed E-state index contributed by atoms with van der Waals surface area (Å²) in [6.45, 7) is 3.99. The zero-order chi connectivity index (χ0) is 23.6. The lowest BCUT2D eigenvalue weighted by Gasteiger charge is -2.38. The molecule has 1 N–H and O–H groups in total. The maximum absolute atomic E-state index is 12.9. The summed E-state index contributed by atoms with van der Waals surface area (Å²) in [6, 6.07) is 7.41. The van der Waals surface area contributed by atoms with Crippen molar-refractivity contribution in [3.63, 3.8) is 0 Å². The minimum absolute atomic E-state index is 0.0861. The molecule has 2 aliphatic heterocycles. The van der Waals surface area contributed by atoms with Crippen LogP contribution in [-0.4, -0.2) is 73.2 Å². The number of para-hydroxylation sites is 1. The van der Waals surface area contributed by atoms with E-state index in [1.54, 1.807) is 14.0 Å². The molecule has 1 aromatic heterocycles. The van der Waals surface area contributed by atoms with Gasteiger partial charge in [-0.25, -0.2) is 12.7 Å². The molecule has 33 heavy (non-hydrogen) atoms. The Labute approximate surface area is 194 Å². The van der Waals surface area contributed by atoms with Gasteiger partial charge in [0.25, 0.3) is 0 Å². The number of benzene rings is 1. The van der Waals surface area contributed by atoms with Crippen molar-refractivity contribution in [2.75, 3.05) is 39.5 Å². The molecule has 2 aromatic rings. The lowest BCUT2D eigenvalue weighted by molar-refractivity contribution is -0.122. The number of amides is 1. The highest BCUT2D eigenvalue weighted by Crippen LogP contribution is 2.48. The highest BCUT2D eigenvalue weighted by Gasteiger charge is 2.49. The number of likely N-dealkylation sites (tertiary alicyclic amines) is 1. The Morgan fingerprint density at radius 3 is 2.67 bits per heavy atom. The van der Waals surface area contributed by atoms with Crippen molar-refractivity contribution in [3.05, 3.63) is 41.5 Å². The van der Waals surface area contributed by atoms with Crippen LogP contribution in [0.3, 0.4) is 0 Å². The largest absolute Gasteiger partial charge is 0.496 e. The van der Waals surface area contributed by atoms with Gasteiger partial charge in [0.05, 0.1) is 26.0 Å². The van der Waals surface area contributed by atoms with Crippen molar-refractivity contribution in [2.24, 2.45) is 5.41 Å². The number of sulfonamides is 1. The van der Waals surface area contributed by atoms with Gasteiger partial charge in [0.15, 0.2) is 5.82 Å². The molecule has 2 aliphatic rings. The molecule has 1 spiro atoms. The maximum atomic E-state index is 12.9. The number of methoxy groups -OCH3 is 1. The molecule has 0 bridgehead atoms. The van der Waals surface area contributed by atoms with Crippen molar-refractivity contribution in [1.82, 2.24) is 24.7 Å². The monoisotopic (exact) mass is 477 g/mol. The summed E-state index contributed by atoms with van der Waals surface area (Å²) in [5, 5.41) is 6.91. The third-order valence-corrected chi connectivity index (χ3v) is 8.00. The molecule has 0 saturated carbocycles. The predicted molar refractivity (Wildman–Crippen MR) is 121 cm³/mol. The summed E-state index contributed by atoms with van der Waals surface area (Å²) in [5.41, 5.74) is 0.820. The number of carbonyl (C=O) groups is 1. The van der Waals surface area contributed by atoms with E-state index in [-0.39, 0.29) is 23.9 Å². The van der Waals surface area contributed by atoms with Crippen molar-refractivity contribution in [1.29, 1.82) is 0 Å². The number of hydrogen-bond acceptors (Lipinski definition) is 8. The fourth-order valence-corrected chi connectivity index (χ4v) is 5.79. The van der Waals surface area contributed by atoms with E-state index in [9.17, 15) is 13.2 Å². The van der Waals surface area contributed by atoms with E-state index in [1.807, 2.05) is 24.3 Å². The second-order valence-corrected chi connectivity index (χ2v) is 11.0. The van der Waals surface area contributed by atoms with Crippen LogP contribution in [0.2, 0.25) is 0 Å². The molecule has 3 heterocycles. The molecule has 2 saturated heterocycles. The van der Waals surface area contributed by atoms with Crippen LogP contribution in [0.25, 0.3) is 0 Å². The lowest BCUT2D eigenvalue weighted by Crippen LogP contribution is -2.44. The topological polar surface area (TPSA) is 118 Å². The van der Waals surface area contributed by atoms with E-state index in [2.05, 4.69) is 20.4 Å². The van der Waals surface area contributed by atoms with Gasteiger partial charge in [0.1, 0.15) is 5.75 Å². The average Bonchev–Trinajstić information content (AvgIpc) is 3.35. The van der Waals surface area contributed by atoms with Crippen LogP contribution in [0.4, 0.5) is 0 Å². The van der Waals surface area contributed by atoms with Crippen LogP contribution in [0.1, 0.15) is 42.6 Å². The fraction of sp³-hybridized carbons (Fsp3) is 0.591. The van der Waals surface area contributed by atoms with Gasteiger partial charge in [-0.3, -0.25) is 9.69 Å². The van der Waals surface area contributed by atoms with E-state index in [1.165, 1.54) is 10.6 Å². The summed E-state index contributed by atoms with van der Waals surface area (Å²) >= 11 is 0. The van der Waals surface area contributed by atoms with Crippen LogP contribution in [-0.2, 0) is 21.4 Å². The van der Waals surface area contributed by atoms with Gasteiger partial charge in [0.2, 0.25) is 21.8 Å². The highest BCUT2D eigenvalue weighted by atomic mass is 32.2. The first kappa shape index (κ1) is 23.7. The Hall–Kier alpha value is -2.50. The van der Waals surface area contributed by atoms with Crippen LogP contribution >= 0.6 is 0 Å². The quantitative estimate of drug-likeness (QED) is 0.637. The van der Waals surface area contributed by atoms with Crippen LogP contribution < -0.4 is 10.1 Å². The smallest absolute Gasteiger partial charge is 0.244 e. The van der Waals surface area contributed by atoms with Crippen molar-refractivity contribution in [2.45, 2.75) is 38.8 Å². The molecule has 11 heteroatoms. The molecule has 10 nitrogen and oxygen atoms in total. The molecule has 0 radical (unpaired) electrons. The highest BCUT2D eigenvalue weighted by molar-refractivity contribution is 7.88. The number of hydrogen-bond donors (Lipinski definition) is 1. The number of aryl methyl sites for hydroxylation is 1. The summed E-state index contributed by atoms with van der Waals surface area (Å²) in [4.78, 5) is 19.4. The third kappa shape index (κ3) is 5.36. The molecule has 180 valence electrons. The summed E-state index contributed by atoms with van der Waals surface area (Å²) in [5.74, 6) is 1.69. The first-order valence-electron chi connectivity index (χ1n) is 11.1. The second kappa shape index (κ2) is 9.40. The van der Waals surface area contributed by atoms with Crippen LogP contribution in [0, 0.1) is 12.3 Å². The number of aromatic nitrogens is 2. The minimum atomic E-state index is -3.20. The molecular weight excluding hydrogens is 446 g/mol. The summed E-state index contributed by atoms with van der Waals surface area (Å²) in [6.07, 6.45) is 3.49. The second-order valence-electron chi connectivity index (χ2n) is 9.06. The van der Waals surface area contributed by atoms with E-state index in [0.717, 1.165) is 30.6 Å². The van der Waals surface area contributed by atoms with Gasteiger partial charge in [0, 0.05) is 31.7 Å². The van der Waals surface area contributed by atoms with Crippen molar-refractivity contribution >= 4 is 15.9 Å². The molecular formula is C22H31N5O5S. The normalized spacial score (nSPS) is 21.4. The molecule has 2 fully saturated rings. The number of ether oxygens (including phenoxy) is 1. The van der Waals surface area contributed by atoms with Crippen LogP contribution in [0.15, 0.2) is 28.8 Å². The first-order chi connectivity index (χ1) is 15.7. The average molecular weight is 478 g/mol. The summed E-state index contributed by atoms with van der Waals surface area (Å²) in [7, 11) is -1.59. The lowest BCUT2D eigenvalue weighted by atomic mass is 9.77. The fourth-order valence-electron chi connectivity index (χ4n) is 4.94. The Balaban J connectivity index is 1.45. The molecule has 1 aromatic carbocycles. The number of nitrogens with zero attached hydrogens (tertiary/aromatic N) is 4. The zero-order valence-electron chi connectivity index (χ0n) is 19.3. The van der Waals surface area contributed by atoms with Crippen LogP contribution in [0.5, 0.6) is 5.75 Å².